The van der Waals surface area contributed by atoms with Gasteiger partial charge in [-0.2, -0.15) is 4.31 Å². The van der Waals surface area contributed by atoms with Crippen molar-refractivity contribution in [2.45, 2.75) is 44.9 Å². The van der Waals surface area contributed by atoms with Gasteiger partial charge in [-0.05, 0) is 61.7 Å². The van der Waals surface area contributed by atoms with Crippen LogP contribution in [0.3, 0.4) is 0 Å². The van der Waals surface area contributed by atoms with Gasteiger partial charge in [0.05, 0.1) is 23.6 Å². The van der Waals surface area contributed by atoms with E-state index in [0.717, 1.165) is 18.4 Å². The Hall–Kier alpha value is -2.91. The fourth-order valence-corrected chi connectivity index (χ4v) is 5.71. The lowest BCUT2D eigenvalue weighted by molar-refractivity contribution is -0.122. The zero-order chi connectivity index (χ0) is 24.9. The fraction of sp³-hybridized carbons (Fsp3) is 0.440. The predicted octanol–water partition coefficient (Wildman–Crippen LogP) is 3.81. The first-order valence-electron chi connectivity index (χ1n) is 11.6. The Morgan fingerprint density at radius 2 is 1.76 bits per heavy atom. The first-order chi connectivity index (χ1) is 16.2. The van der Waals surface area contributed by atoms with Crippen molar-refractivity contribution < 1.29 is 22.7 Å². The lowest BCUT2D eigenvalue weighted by Gasteiger charge is -2.22. The molecule has 1 fully saturated rings. The molecular formula is C25H33N3O5S. The number of hydrogen-bond acceptors (Lipinski definition) is 5. The van der Waals surface area contributed by atoms with Gasteiger partial charge in [0.15, 0.2) is 0 Å². The summed E-state index contributed by atoms with van der Waals surface area (Å²) < 4.78 is 32.8. The van der Waals surface area contributed by atoms with Crippen LogP contribution in [0.5, 0.6) is 5.75 Å². The summed E-state index contributed by atoms with van der Waals surface area (Å²) in [6, 6.07) is 11.8. The van der Waals surface area contributed by atoms with Crippen molar-refractivity contribution in [1.82, 2.24) is 4.31 Å². The van der Waals surface area contributed by atoms with Crippen LogP contribution >= 0.6 is 0 Å². The van der Waals surface area contributed by atoms with Gasteiger partial charge in [-0.1, -0.05) is 19.9 Å². The molecule has 0 aliphatic carbocycles. The van der Waals surface area contributed by atoms with Crippen LogP contribution in [0, 0.1) is 12.8 Å². The van der Waals surface area contributed by atoms with Crippen molar-refractivity contribution in [2.75, 3.05) is 37.0 Å². The highest BCUT2D eigenvalue weighted by molar-refractivity contribution is 7.89. The van der Waals surface area contributed by atoms with E-state index in [1.807, 2.05) is 32.9 Å². The molecule has 0 unspecified atom stereocenters. The third-order valence-corrected chi connectivity index (χ3v) is 7.75. The largest absolute Gasteiger partial charge is 0.495 e. The minimum Gasteiger partial charge on any atom is -0.495 e. The van der Waals surface area contributed by atoms with Crippen LogP contribution in [-0.2, 0) is 19.6 Å². The van der Waals surface area contributed by atoms with Crippen molar-refractivity contribution in [3.05, 3.63) is 48.0 Å². The van der Waals surface area contributed by atoms with Gasteiger partial charge in [0.25, 0.3) is 0 Å². The topological polar surface area (TPSA) is 96.0 Å². The van der Waals surface area contributed by atoms with Crippen molar-refractivity contribution in [3.63, 3.8) is 0 Å². The Labute approximate surface area is 201 Å². The third-order valence-electron chi connectivity index (χ3n) is 5.84. The summed E-state index contributed by atoms with van der Waals surface area (Å²) in [5, 5.41) is 2.87. The van der Waals surface area contributed by atoms with E-state index in [2.05, 4.69) is 5.32 Å². The number of ether oxygens (including phenoxy) is 1. The third kappa shape index (κ3) is 5.59. The number of carbonyl (C=O) groups is 2. The van der Waals surface area contributed by atoms with Crippen LogP contribution in [0.1, 0.15) is 38.7 Å². The van der Waals surface area contributed by atoms with Crippen molar-refractivity contribution in [3.8, 4) is 5.75 Å². The van der Waals surface area contributed by atoms with Gasteiger partial charge in [-0.3, -0.25) is 9.59 Å². The molecule has 1 saturated heterocycles. The molecule has 1 atom stereocenters. The maximum absolute atomic E-state index is 13.0. The predicted molar refractivity (Wildman–Crippen MR) is 133 cm³/mol. The molecule has 2 amide bonds. The number of anilines is 2. The Morgan fingerprint density at radius 1 is 1.12 bits per heavy atom. The highest BCUT2D eigenvalue weighted by atomic mass is 32.2. The monoisotopic (exact) mass is 487 g/mol. The molecule has 0 bridgehead atoms. The molecule has 9 heteroatoms. The smallest absolute Gasteiger partial charge is 0.243 e. The Kier molecular flexibility index (Phi) is 8.33. The number of aryl methyl sites for hydroxylation is 1. The zero-order valence-electron chi connectivity index (χ0n) is 20.2. The molecule has 2 aromatic rings. The van der Waals surface area contributed by atoms with Gasteiger partial charge in [0.2, 0.25) is 21.8 Å². The van der Waals surface area contributed by atoms with Crippen LogP contribution < -0.4 is 15.0 Å². The van der Waals surface area contributed by atoms with Gasteiger partial charge in [0, 0.05) is 31.7 Å². The number of nitrogens with zero attached hydrogens (tertiary/aromatic N) is 2. The number of nitrogens with one attached hydrogen (secondary N) is 1. The molecular weight excluding hydrogens is 454 g/mol. The first-order valence-corrected chi connectivity index (χ1v) is 13.0. The van der Waals surface area contributed by atoms with Crippen LogP contribution in [0.2, 0.25) is 0 Å². The summed E-state index contributed by atoms with van der Waals surface area (Å²) >= 11 is 0. The van der Waals surface area contributed by atoms with Gasteiger partial charge in [-0.25, -0.2) is 8.42 Å². The van der Waals surface area contributed by atoms with E-state index < -0.39 is 15.9 Å². The Morgan fingerprint density at radius 3 is 2.35 bits per heavy atom. The number of hydrogen-bond donors (Lipinski definition) is 1. The van der Waals surface area contributed by atoms with E-state index in [1.165, 1.54) is 28.4 Å². The minimum atomic E-state index is -3.59. The number of amides is 2. The molecule has 0 aromatic heterocycles. The number of methoxy groups -OCH3 is 1. The SMILES string of the molecule is CCCN(CCC)S(=O)(=O)c1ccc(N2C[C@H](C(=O)Nc3cc(C)ccc3OC)CC2=O)cc1. The van der Waals surface area contributed by atoms with Gasteiger partial charge in [0.1, 0.15) is 5.75 Å². The summed E-state index contributed by atoms with van der Waals surface area (Å²) in [4.78, 5) is 27.3. The summed E-state index contributed by atoms with van der Waals surface area (Å²) in [6.07, 6.45) is 1.55. The number of sulfonamides is 1. The maximum atomic E-state index is 13.0. The fourth-order valence-electron chi connectivity index (χ4n) is 4.09. The van der Waals surface area contributed by atoms with Crippen LogP contribution in [0.15, 0.2) is 47.4 Å². The van der Waals surface area contributed by atoms with E-state index in [9.17, 15) is 18.0 Å². The maximum Gasteiger partial charge on any atom is 0.243 e. The molecule has 1 aliphatic heterocycles. The summed E-state index contributed by atoms with van der Waals surface area (Å²) in [7, 11) is -2.06. The first kappa shape index (κ1) is 25.7. The number of rotatable bonds is 10. The molecule has 1 heterocycles. The lowest BCUT2D eigenvalue weighted by atomic mass is 10.1. The number of carbonyl (C=O) groups excluding carboxylic acids is 2. The molecule has 0 spiro atoms. The molecule has 0 radical (unpaired) electrons. The molecule has 3 rings (SSSR count). The normalized spacial score (nSPS) is 16.2. The average molecular weight is 488 g/mol. The zero-order valence-corrected chi connectivity index (χ0v) is 21.0. The molecule has 8 nitrogen and oxygen atoms in total. The van der Waals surface area contributed by atoms with E-state index in [-0.39, 0.29) is 29.7 Å². The van der Waals surface area contributed by atoms with Gasteiger partial charge < -0.3 is 15.0 Å². The van der Waals surface area contributed by atoms with Crippen molar-refractivity contribution >= 4 is 33.2 Å². The summed E-state index contributed by atoms with van der Waals surface area (Å²) in [5.41, 5.74) is 2.12. The second-order valence-corrected chi connectivity index (χ2v) is 10.4. The van der Waals surface area contributed by atoms with Crippen LogP contribution in [-0.4, -0.2) is 51.3 Å². The van der Waals surface area contributed by atoms with E-state index in [1.54, 1.807) is 18.2 Å². The van der Waals surface area contributed by atoms with E-state index >= 15 is 0 Å². The molecule has 184 valence electrons. The second-order valence-electron chi connectivity index (χ2n) is 8.50. The molecule has 2 aromatic carbocycles. The van der Waals surface area contributed by atoms with Crippen LogP contribution in [0.4, 0.5) is 11.4 Å². The number of benzene rings is 2. The quantitative estimate of drug-likeness (QED) is 0.550. The Bertz CT molecular complexity index is 1130. The summed E-state index contributed by atoms with van der Waals surface area (Å²) in [5.74, 6) is -0.401. The van der Waals surface area contributed by atoms with Crippen LogP contribution in [0.25, 0.3) is 0 Å². The summed E-state index contributed by atoms with van der Waals surface area (Å²) in [6.45, 7) is 6.96. The lowest BCUT2D eigenvalue weighted by Crippen LogP contribution is -2.32. The van der Waals surface area contributed by atoms with Gasteiger partial charge >= 0.3 is 0 Å². The standard InChI is InChI=1S/C25H33N3O5S/c1-5-13-27(14-6-2)34(31,32)21-10-8-20(9-11-21)28-17-19(16-24(28)29)25(30)26-22-15-18(3)7-12-23(22)33-4/h7-12,15,19H,5-6,13-14,16-17H2,1-4H3,(H,26,30)/t19-/m1/s1. The molecule has 1 aliphatic rings. The highest BCUT2D eigenvalue weighted by Crippen LogP contribution is 2.30. The highest BCUT2D eigenvalue weighted by Gasteiger charge is 2.35. The molecule has 1 N–H and O–H groups in total. The van der Waals surface area contributed by atoms with Gasteiger partial charge in [-0.15, -0.1) is 0 Å². The second kappa shape index (κ2) is 11.0. The molecule has 0 saturated carbocycles. The molecule has 34 heavy (non-hydrogen) atoms. The van der Waals surface area contributed by atoms with E-state index in [4.69, 9.17) is 4.74 Å². The Balaban J connectivity index is 1.72. The minimum absolute atomic E-state index is 0.0841. The van der Waals surface area contributed by atoms with E-state index in [0.29, 0.717) is 30.2 Å². The van der Waals surface area contributed by atoms with Crippen molar-refractivity contribution in [1.29, 1.82) is 0 Å². The van der Waals surface area contributed by atoms with Crippen molar-refractivity contribution in [2.24, 2.45) is 5.92 Å². The average Bonchev–Trinajstić information content (AvgIpc) is 3.21.